The van der Waals surface area contributed by atoms with E-state index in [1.807, 2.05) is 30.0 Å². The fraction of sp³-hybridized carbons (Fsp3) is 0.556. The summed E-state index contributed by atoms with van der Waals surface area (Å²) >= 11 is 0. The average Bonchev–Trinajstić information content (AvgIpc) is 2.83. The van der Waals surface area contributed by atoms with Gasteiger partial charge in [0.05, 0.1) is 0 Å². The molecule has 1 aromatic rings. The van der Waals surface area contributed by atoms with Crippen molar-refractivity contribution in [1.29, 1.82) is 0 Å². The van der Waals surface area contributed by atoms with Gasteiger partial charge in [0, 0.05) is 24.8 Å². The summed E-state index contributed by atoms with van der Waals surface area (Å²) in [7, 11) is 0. The van der Waals surface area contributed by atoms with E-state index in [0.29, 0.717) is 5.92 Å². The highest BCUT2D eigenvalue weighted by Crippen LogP contribution is 2.32. The van der Waals surface area contributed by atoms with Crippen LogP contribution in [0.25, 0.3) is 0 Å². The zero-order valence-electron chi connectivity index (χ0n) is 13.4. The Bertz CT molecular complexity index is 584. The summed E-state index contributed by atoms with van der Waals surface area (Å²) in [6.45, 7) is 5.80. The van der Waals surface area contributed by atoms with Crippen molar-refractivity contribution in [2.24, 2.45) is 5.92 Å². The third-order valence-corrected chi connectivity index (χ3v) is 4.79. The molecule has 22 heavy (non-hydrogen) atoms. The molecule has 0 N–H and O–H groups in total. The lowest BCUT2D eigenvalue weighted by Crippen LogP contribution is -2.43. The standard InChI is InChI=1S/C18H24N2O2/c1-13-6-5-9-19(12-13)17(21)11-18(22)20-14(2)10-15-7-3-4-8-16(15)20/h3-4,7-8,13-14H,5-6,9-12H2,1-2H3. The SMILES string of the molecule is CC1CCCN(C(=O)CC(=O)N2c3ccccc3CC2C)C1. The quantitative estimate of drug-likeness (QED) is 0.788. The number of hydrogen-bond acceptors (Lipinski definition) is 2. The molecule has 3 rings (SSSR count). The number of carbonyl (C=O) groups is 2. The van der Waals surface area contributed by atoms with Crippen LogP contribution in [0, 0.1) is 5.92 Å². The van der Waals surface area contributed by atoms with Gasteiger partial charge in [-0.2, -0.15) is 0 Å². The molecule has 1 saturated heterocycles. The van der Waals surface area contributed by atoms with E-state index >= 15 is 0 Å². The zero-order valence-corrected chi connectivity index (χ0v) is 13.4. The average molecular weight is 300 g/mol. The summed E-state index contributed by atoms with van der Waals surface area (Å²) in [6.07, 6.45) is 3.08. The van der Waals surface area contributed by atoms with Crippen LogP contribution in [0.3, 0.4) is 0 Å². The lowest BCUT2D eigenvalue weighted by atomic mass is 10.00. The first kappa shape index (κ1) is 15.1. The fourth-order valence-corrected chi connectivity index (χ4v) is 3.69. The van der Waals surface area contributed by atoms with Crippen molar-refractivity contribution in [2.75, 3.05) is 18.0 Å². The van der Waals surface area contributed by atoms with E-state index in [1.165, 1.54) is 12.0 Å². The van der Waals surface area contributed by atoms with Crippen molar-refractivity contribution in [3.05, 3.63) is 29.8 Å². The summed E-state index contributed by atoms with van der Waals surface area (Å²) in [5, 5.41) is 0. The molecule has 2 amide bonds. The molecule has 0 aliphatic carbocycles. The Balaban J connectivity index is 1.68. The molecule has 0 radical (unpaired) electrons. The normalized spacial score (nSPS) is 24.3. The Labute approximate surface area is 132 Å². The highest BCUT2D eigenvalue weighted by atomic mass is 16.2. The fourth-order valence-electron chi connectivity index (χ4n) is 3.69. The lowest BCUT2D eigenvalue weighted by Gasteiger charge is -2.31. The van der Waals surface area contributed by atoms with Crippen molar-refractivity contribution in [3.63, 3.8) is 0 Å². The smallest absolute Gasteiger partial charge is 0.236 e. The first-order valence-corrected chi connectivity index (χ1v) is 8.24. The van der Waals surface area contributed by atoms with Gasteiger partial charge < -0.3 is 9.80 Å². The number of para-hydroxylation sites is 1. The largest absolute Gasteiger partial charge is 0.342 e. The number of rotatable bonds is 2. The van der Waals surface area contributed by atoms with Crippen LogP contribution in [0.15, 0.2) is 24.3 Å². The van der Waals surface area contributed by atoms with E-state index in [2.05, 4.69) is 13.0 Å². The maximum absolute atomic E-state index is 12.6. The number of fused-ring (bicyclic) bond motifs is 1. The lowest BCUT2D eigenvalue weighted by molar-refractivity contribution is -0.136. The van der Waals surface area contributed by atoms with Gasteiger partial charge in [-0.25, -0.2) is 0 Å². The molecule has 2 aliphatic rings. The number of benzene rings is 1. The van der Waals surface area contributed by atoms with E-state index in [1.54, 1.807) is 4.90 Å². The van der Waals surface area contributed by atoms with Crippen molar-refractivity contribution < 1.29 is 9.59 Å². The molecule has 0 saturated carbocycles. The van der Waals surface area contributed by atoms with Crippen molar-refractivity contribution in [1.82, 2.24) is 4.90 Å². The van der Waals surface area contributed by atoms with Gasteiger partial charge in [0.1, 0.15) is 6.42 Å². The number of hydrogen-bond donors (Lipinski definition) is 0. The molecule has 1 fully saturated rings. The molecule has 4 heteroatoms. The van der Waals surface area contributed by atoms with Crippen LogP contribution in [0.1, 0.15) is 38.7 Å². The van der Waals surface area contributed by atoms with Crippen LogP contribution in [0.5, 0.6) is 0 Å². The second-order valence-corrected chi connectivity index (χ2v) is 6.71. The molecular weight excluding hydrogens is 276 g/mol. The molecule has 2 unspecified atom stereocenters. The predicted octanol–water partition coefficient (Wildman–Crippen LogP) is 2.61. The minimum atomic E-state index is -0.0688. The highest BCUT2D eigenvalue weighted by molar-refractivity contribution is 6.06. The maximum Gasteiger partial charge on any atom is 0.236 e. The Morgan fingerprint density at radius 2 is 1.95 bits per heavy atom. The highest BCUT2D eigenvalue weighted by Gasteiger charge is 2.32. The van der Waals surface area contributed by atoms with Gasteiger partial charge in [-0.15, -0.1) is 0 Å². The minimum absolute atomic E-state index is 0.00854. The Morgan fingerprint density at radius 3 is 2.73 bits per heavy atom. The molecule has 118 valence electrons. The third-order valence-electron chi connectivity index (χ3n) is 4.79. The van der Waals surface area contributed by atoms with Gasteiger partial charge in [0.25, 0.3) is 0 Å². The van der Waals surface area contributed by atoms with Crippen molar-refractivity contribution in [2.45, 2.75) is 45.6 Å². The Kier molecular flexibility index (Phi) is 4.19. The van der Waals surface area contributed by atoms with Crippen LogP contribution in [0.4, 0.5) is 5.69 Å². The molecule has 0 bridgehead atoms. The number of amides is 2. The van der Waals surface area contributed by atoms with Crippen LogP contribution < -0.4 is 4.90 Å². The summed E-state index contributed by atoms with van der Waals surface area (Å²) < 4.78 is 0. The molecule has 0 aromatic heterocycles. The molecule has 2 heterocycles. The van der Waals surface area contributed by atoms with Crippen LogP contribution in [-0.4, -0.2) is 35.8 Å². The van der Waals surface area contributed by atoms with Gasteiger partial charge in [0.2, 0.25) is 11.8 Å². The molecule has 1 aromatic carbocycles. The number of likely N-dealkylation sites (tertiary alicyclic amines) is 1. The van der Waals surface area contributed by atoms with Gasteiger partial charge in [-0.05, 0) is 43.7 Å². The third kappa shape index (κ3) is 2.87. The van der Waals surface area contributed by atoms with Crippen molar-refractivity contribution in [3.8, 4) is 0 Å². The molecule has 4 nitrogen and oxygen atoms in total. The maximum atomic E-state index is 12.6. The molecular formula is C18H24N2O2. The first-order valence-electron chi connectivity index (χ1n) is 8.24. The molecule has 0 spiro atoms. The Hall–Kier alpha value is -1.84. The van der Waals surface area contributed by atoms with Gasteiger partial charge >= 0.3 is 0 Å². The second-order valence-electron chi connectivity index (χ2n) is 6.71. The second kappa shape index (κ2) is 6.11. The van der Waals surface area contributed by atoms with Gasteiger partial charge in [-0.1, -0.05) is 25.1 Å². The van der Waals surface area contributed by atoms with Crippen molar-refractivity contribution >= 4 is 17.5 Å². The number of piperidine rings is 1. The van der Waals surface area contributed by atoms with Gasteiger partial charge in [0.15, 0.2) is 0 Å². The number of anilines is 1. The van der Waals surface area contributed by atoms with E-state index < -0.39 is 0 Å². The topological polar surface area (TPSA) is 40.6 Å². The summed E-state index contributed by atoms with van der Waals surface area (Å²) in [5.74, 6) is 0.452. The molecule has 2 atom stereocenters. The van der Waals surface area contributed by atoms with E-state index in [9.17, 15) is 9.59 Å². The monoisotopic (exact) mass is 300 g/mol. The summed E-state index contributed by atoms with van der Waals surface area (Å²) in [5.41, 5.74) is 2.17. The van der Waals surface area contributed by atoms with Crippen LogP contribution >= 0.6 is 0 Å². The number of nitrogens with zero attached hydrogens (tertiary/aromatic N) is 2. The minimum Gasteiger partial charge on any atom is -0.342 e. The zero-order chi connectivity index (χ0) is 15.7. The van der Waals surface area contributed by atoms with Crippen LogP contribution in [-0.2, 0) is 16.0 Å². The van der Waals surface area contributed by atoms with E-state index in [-0.39, 0.29) is 24.3 Å². The number of carbonyl (C=O) groups excluding carboxylic acids is 2. The summed E-state index contributed by atoms with van der Waals surface area (Å²) in [6, 6.07) is 8.13. The molecule has 2 aliphatic heterocycles. The first-order chi connectivity index (χ1) is 10.6. The van der Waals surface area contributed by atoms with Crippen LogP contribution in [0.2, 0.25) is 0 Å². The Morgan fingerprint density at radius 1 is 1.18 bits per heavy atom. The predicted molar refractivity (Wildman–Crippen MR) is 86.7 cm³/mol. The van der Waals surface area contributed by atoms with E-state index in [0.717, 1.165) is 31.6 Å². The van der Waals surface area contributed by atoms with E-state index in [4.69, 9.17) is 0 Å². The van der Waals surface area contributed by atoms with Gasteiger partial charge in [-0.3, -0.25) is 9.59 Å². The summed E-state index contributed by atoms with van der Waals surface area (Å²) in [4.78, 5) is 28.7.